The van der Waals surface area contributed by atoms with Gasteiger partial charge in [0.1, 0.15) is 0 Å². The fraction of sp³-hybridized carbons (Fsp3) is 0.818. The zero-order valence-corrected chi connectivity index (χ0v) is 8.88. The van der Waals surface area contributed by atoms with Gasteiger partial charge in [-0.3, -0.25) is 0 Å². The molecule has 0 amide bonds. The lowest BCUT2D eigenvalue weighted by Crippen LogP contribution is -2.21. The third-order valence-electron chi connectivity index (χ3n) is 2.12. The summed E-state index contributed by atoms with van der Waals surface area (Å²) in [6.45, 7) is 6.82. The fourth-order valence-corrected chi connectivity index (χ4v) is 1.47. The number of hydrogen-bond acceptors (Lipinski definition) is 2. The second-order valence-electron chi connectivity index (χ2n) is 3.91. The van der Waals surface area contributed by atoms with E-state index in [2.05, 4.69) is 19.1 Å². The van der Waals surface area contributed by atoms with Crippen molar-refractivity contribution in [3.8, 4) is 0 Å². The molecule has 1 atom stereocenters. The molecule has 1 heterocycles. The lowest BCUT2D eigenvalue weighted by molar-refractivity contribution is -0.138. The maximum Gasteiger partial charge on any atom is 0.163 e. The lowest BCUT2D eigenvalue weighted by atomic mass is 10.2. The van der Waals surface area contributed by atoms with Gasteiger partial charge >= 0.3 is 0 Å². The Morgan fingerprint density at radius 1 is 1.38 bits per heavy atom. The minimum Gasteiger partial charge on any atom is -0.348 e. The highest BCUT2D eigenvalue weighted by Gasteiger charge is 2.31. The second kappa shape index (κ2) is 4.77. The van der Waals surface area contributed by atoms with Gasteiger partial charge in [0.05, 0.1) is 12.7 Å². The van der Waals surface area contributed by atoms with Crippen LogP contribution in [0.5, 0.6) is 0 Å². The molecular formula is C11H20O2. The molecule has 0 aromatic rings. The van der Waals surface area contributed by atoms with Crippen molar-refractivity contribution in [3.63, 3.8) is 0 Å². The van der Waals surface area contributed by atoms with Crippen LogP contribution in [0.1, 0.15) is 40.0 Å². The van der Waals surface area contributed by atoms with Crippen LogP contribution in [0.4, 0.5) is 0 Å². The monoisotopic (exact) mass is 184 g/mol. The first kappa shape index (κ1) is 10.7. The van der Waals surface area contributed by atoms with Crippen LogP contribution in [0.25, 0.3) is 0 Å². The smallest absolute Gasteiger partial charge is 0.163 e. The number of ether oxygens (including phenoxy) is 2. The molecule has 0 aliphatic carbocycles. The summed E-state index contributed by atoms with van der Waals surface area (Å²) in [6.07, 6.45) is 7.98. The van der Waals surface area contributed by atoms with Gasteiger partial charge in [0, 0.05) is 0 Å². The van der Waals surface area contributed by atoms with Crippen molar-refractivity contribution < 1.29 is 9.47 Å². The third-order valence-corrected chi connectivity index (χ3v) is 2.12. The SMILES string of the molecule is CCC=CCCC1COC(C)(C)O1. The predicted molar refractivity (Wildman–Crippen MR) is 53.6 cm³/mol. The Morgan fingerprint density at radius 3 is 2.69 bits per heavy atom. The molecule has 0 radical (unpaired) electrons. The summed E-state index contributed by atoms with van der Waals surface area (Å²) in [5, 5.41) is 0. The van der Waals surface area contributed by atoms with E-state index in [-0.39, 0.29) is 11.9 Å². The molecule has 0 aromatic heterocycles. The van der Waals surface area contributed by atoms with Crippen molar-refractivity contribution in [1.29, 1.82) is 0 Å². The van der Waals surface area contributed by atoms with Crippen molar-refractivity contribution in [2.45, 2.75) is 51.9 Å². The van der Waals surface area contributed by atoms with Crippen molar-refractivity contribution >= 4 is 0 Å². The fourth-order valence-electron chi connectivity index (χ4n) is 1.47. The number of hydrogen-bond donors (Lipinski definition) is 0. The highest BCUT2D eigenvalue weighted by Crippen LogP contribution is 2.24. The number of allylic oxidation sites excluding steroid dienone is 2. The van der Waals surface area contributed by atoms with Crippen LogP contribution in [-0.4, -0.2) is 18.5 Å². The summed E-state index contributed by atoms with van der Waals surface area (Å²) in [5.74, 6) is -0.362. The Hall–Kier alpha value is -0.340. The molecule has 0 N–H and O–H groups in total. The van der Waals surface area contributed by atoms with Crippen LogP contribution >= 0.6 is 0 Å². The van der Waals surface area contributed by atoms with Crippen LogP contribution in [0, 0.1) is 0 Å². The summed E-state index contributed by atoms with van der Waals surface area (Å²) in [5.41, 5.74) is 0. The Balaban J connectivity index is 2.14. The Labute approximate surface area is 80.9 Å². The minimum atomic E-state index is -0.362. The van der Waals surface area contributed by atoms with Crippen molar-refractivity contribution in [3.05, 3.63) is 12.2 Å². The van der Waals surface area contributed by atoms with E-state index in [9.17, 15) is 0 Å². The van der Waals surface area contributed by atoms with E-state index in [1.165, 1.54) is 0 Å². The van der Waals surface area contributed by atoms with Crippen LogP contribution < -0.4 is 0 Å². The molecule has 2 nitrogen and oxygen atoms in total. The van der Waals surface area contributed by atoms with Gasteiger partial charge in [0.15, 0.2) is 5.79 Å². The van der Waals surface area contributed by atoms with Gasteiger partial charge in [0.25, 0.3) is 0 Å². The summed E-state index contributed by atoms with van der Waals surface area (Å²) in [7, 11) is 0. The highest BCUT2D eigenvalue weighted by atomic mass is 16.7. The van der Waals surface area contributed by atoms with E-state index < -0.39 is 0 Å². The Bertz CT molecular complexity index is 173. The van der Waals surface area contributed by atoms with Crippen molar-refractivity contribution in [2.24, 2.45) is 0 Å². The molecule has 1 aliphatic rings. The van der Waals surface area contributed by atoms with E-state index in [1.54, 1.807) is 0 Å². The van der Waals surface area contributed by atoms with Crippen molar-refractivity contribution in [2.75, 3.05) is 6.61 Å². The molecule has 0 bridgehead atoms. The first-order chi connectivity index (χ1) is 6.14. The van der Waals surface area contributed by atoms with Gasteiger partial charge in [-0.15, -0.1) is 0 Å². The van der Waals surface area contributed by atoms with Crippen LogP contribution in [0.3, 0.4) is 0 Å². The summed E-state index contributed by atoms with van der Waals surface area (Å²) < 4.78 is 11.1. The van der Waals surface area contributed by atoms with Gasteiger partial charge in [-0.25, -0.2) is 0 Å². The molecule has 1 unspecified atom stereocenters. The molecule has 0 aromatic carbocycles. The maximum absolute atomic E-state index is 5.67. The van der Waals surface area contributed by atoms with E-state index in [4.69, 9.17) is 9.47 Å². The average molecular weight is 184 g/mol. The normalized spacial score (nSPS) is 27.2. The summed E-state index contributed by atoms with van der Waals surface area (Å²) in [6, 6.07) is 0. The molecule has 1 rings (SSSR count). The Kier molecular flexibility index (Phi) is 3.94. The first-order valence-corrected chi connectivity index (χ1v) is 5.11. The summed E-state index contributed by atoms with van der Waals surface area (Å²) >= 11 is 0. The van der Waals surface area contributed by atoms with E-state index >= 15 is 0 Å². The van der Waals surface area contributed by atoms with Crippen LogP contribution in [-0.2, 0) is 9.47 Å². The van der Waals surface area contributed by atoms with Crippen LogP contribution in [0.15, 0.2) is 12.2 Å². The van der Waals surface area contributed by atoms with Gasteiger partial charge < -0.3 is 9.47 Å². The minimum absolute atomic E-state index is 0.288. The van der Waals surface area contributed by atoms with E-state index in [1.807, 2.05) is 13.8 Å². The van der Waals surface area contributed by atoms with E-state index in [0.717, 1.165) is 25.9 Å². The standard InChI is InChI=1S/C11H20O2/c1-4-5-6-7-8-10-9-12-11(2,3)13-10/h5-6,10H,4,7-9H2,1-3H3. The largest absolute Gasteiger partial charge is 0.348 e. The zero-order chi connectivity index (χ0) is 9.73. The molecule has 1 saturated heterocycles. The van der Waals surface area contributed by atoms with Gasteiger partial charge in [-0.2, -0.15) is 0 Å². The first-order valence-electron chi connectivity index (χ1n) is 5.11. The summed E-state index contributed by atoms with van der Waals surface area (Å²) in [4.78, 5) is 0. The van der Waals surface area contributed by atoms with Crippen LogP contribution in [0.2, 0.25) is 0 Å². The number of rotatable bonds is 4. The molecule has 76 valence electrons. The molecule has 0 saturated carbocycles. The van der Waals surface area contributed by atoms with Crippen molar-refractivity contribution in [1.82, 2.24) is 0 Å². The quantitative estimate of drug-likeness (QED) is 0.625. The van der Waals surface area contributed by atoms with Gasteiger partial charge in [-0.1, -0.05) is 19.1 Å². The zero-order valence-electron chi connectivity index (χ0n) is 8.88. The predicted octanol–water partition coefficient (Wildman–Crippen LogP) is 2.88. The highest BCUT2D eigenvalue weighted by molar-refractivity contribution is 4.82. The molecule has 1 aliphatic heterocycles. The Morgan fingerprint density at radius 2 is 2.15 bits per heavy atom. The van der Waals surface area contributed by atoms with Gasteiger partial charge in [-0.05, 0) is 33.1 Å². The third kappa shape index (κ3) is 3.92. The van der Waals surface area contributed by atoms with E-state index in [0.29, 0.717) is 0 Å². The molecular weight excluding hydrogens is 164 g/mol. The molecule has 13 heavy (non-hydrogen) atoms. The lowest BCUT2D eigenvalue weighted by Gasteiger charge is -2.16. The second-order valence-corrected chi connectivity index (χ2v) is 3.91. The molecule has 1 fully saturated rings. The van der Waals surface area contributed by atoms with Gasteiger partial charge in [0.2, 0.25) is 0 Å². The molecule has 2 heteroatoms. The topological polar surface area (TPSA) is 18.5 Å². The maximum atomic E-state index is 5.67. The average Bonchev–Trinajstić information content (AvgIpc) is 2.40. The molecule has 0 spiro atoms.